The van der Waals surface area contributed by atoms with E-state index in [0.717, 1.165) is 30.8 Å². The van der Waals surface area contributed by atoms with E-state index in [4.69, 9.17) is 5.73 Å². The molecule has 17 heavy (non-hydrogen) atoms. The van der Waals surface area contributed by atoms with Crippen LogP contribution >= 0.6 is 11.8 Å². The zero-order valence-electron chi connectivity index (χ0n) is 10.4. The highest BCUT2D eigenvalue weighted by Crippen LogP contribution is 2.34. The average molecular weight is 278 g/mol. The van der Waals surface area contributed by atoms with E-state index in [2.05, 4.69) is 11.9 Å². The quantitative estimate of drug-likeness (QED) is 0.806. The van der Waals surface area contributed by atoms with Crippen molar-refractivity contribution in [3.8, 4) is 0 Å². The summed E-state index contributed by atoms with van der Waals surface area (Å²) in [6, 6.07) is 0.173. The molecule has 2 aliphatic heterocycles. The average Bonchev–Trinajstić information content (AvgIpc) is 2.69. The zero-order chi connectivity index (χ0) is 12.5. The van der Waals surface area contributed by atoms with E-state index in [0.29, 0.717) is 18.1 Å². The van der Waals surface area contributed by atoms with Gasteiger partial charge in [-0.05, 0) is 37.8 Å². The normalized spacial score (nSPS) is 31.8. The van der Waals surface area contributed by atoms with Gasteiger partial charge in [-0.1, -0.05) is 0 Å². The smallest absolute Gasteiger partial charge is 0.151 e. The van der Waals surface area contributed by atoms with Gasteiger partial charge in [-0.3, -0.25) is 4.90 Å². The summed E-state index contributed by atoms with van der Waals surface area (Å²) < 4.78 is 23.1. The molecule has 2 heterocycles. The lowest BCUT2D eigenvalue weighted by Gasteiger charge is -2.46. The molecule has 0 aromatic rings. The number of nitrogens with zero attached hydrogens (tertiary/aromatic N) is 1. The van der Waals surface area contributed by atoms with Crippen molar-refractivity contribution < 1.29 is 8.42 Å². The Morgan fingerprint density at radius 1 is 1.41 bits per heavy atom. The molecule has 0 saturated carbocycles. The van der Waals surface area contributed by atoms with E-state index in [1.165, 1.54) is 0 Å². The van der Waals surface area contributed by atoms with E-state index in [1.54, 1.807) is 0 Å². The minimum absolute atomic E-state index is 0.0375. The predicted octanol–water partition coefficient (Wildman–Crippen LogP) is 0.330. The number of likely N-dealkylation sites (N-methyl/N-ethyl adjacent to an activating group) is 1. The molecule has 0 bridgehead atoms. The van der Waals surface area contributed by atoms with Gasteiger partial charge >= 0.3 is 0 Å². The number of thioether (sulfide) groups is 1. The van der Waals surface area contributed by atoms with Crippen LogP contribution < -0.4 is 5.73 Å². The van der Waals surface area contributed by atoms with Crippen LogP contribution in [0.5, 0.6) is 0 Å². The number of sulfone groups is 1. The van der Waals surface area contributed by atoms with Crippen LogP contribution in [0.25, 0.3) is 0 Å². The maximum atomic E-state index is 11.6. The SMILES string of the molecule is CN(C1CCS(=O)(=O)C1)C1(CN)CCSCC1. The van der Waals surface area contributed by atoms with Crippen LogP contribution in [0.1, 0.15) is 19.3 Å². The maximum Gasteiger partial charge on any atom is 0.151 e. The van der Waals surface area contributed by atoms with Crippen molar-refractivity contribution in [1.29, 1.82) is 0 Å². The first-order valence-corrected chi connectivity index (χ1v) is 9.18. The van der Waals surface area contributed by atoms with Crippen LogP contribution in [0.2, 0.25) is 0 Å². The third kappa shape index (κ3) is 2.80. The first-order chi connectivity index (χ1) is 7.99. The highest BCUT2D eigenvalue weighted by molar-refractivity contribution is 7.99. The second-order valence-corrected chi connectivity index (χ2v) is 8.66. The van der Waals surface area contributed by atoms with Crippen molar-refractivity contribution >= 4 is 21.6 Å². The van der Waals surface area contributed by atoms with Crippen LogP contribution in [-0.2, 0) is 9.84 Å². The first-order valence-electron chi connectivity index (χ1n) is 6.20. The number of hydrogen-bond acceptors (Lipinski definition) is 5. The second-order valence-electron chi connectivity index (χ2n) is 5.21. The fraction of sp³-hybridized carbons (Fsp3) is 1.00. The van der Waals surface area contributed by atoms with Crippen LogP contribution in [-0.4, -0.2) is 61.5 Å². The first kappa shape index (κ1) is 13.6. The monoisotopic (exact) mass is 278 g/mol. The Hall–Kier alpha value is 0.220. The van der Waals surface area contributed by atoms with Crippen molar-refractivity contribution in [3.05, 3.63) is 0 Å². The van der Waals surface area contributed by atoms with E-state index in [-0.39, 0.29) is 11.6 Å². The van der Waals surface area contributed by atoms with Gasteiger partial charge in [0, 0.05) is 18.1 Å². The Bertz CT molecular complexity index is 364. The lowest BCUT2D eigenvalue weighted by Crippen LogP contribution is -2.58. The van der Waals surface area contributed by atoms with Gasteiger partial charge in [0.05, 0.1) is 11.5 Å². The van der Waals surface area contributed by atoms with Crippen LogP contribution in [0.3, 0.4) is 0 Å². The molecule has 4 nitrogen and oxygen atoms in total. The Morgan fingerprint density at radius 2 is 2.06 bits per heavy atom. The summed E-state index contributed by atoms with van der Waals surface area (Å²) in [4.78, 5) is 2.28. The fourth-order valence-corrected chi connectivity index (χ4v) is 5.95. The lowest BCUT2D eigenvalue weighted by atomic mass is 9.89. The highest BCUT2D eigenvalue weighted by atomic mass is 32.2. The summed E-state index contributed by atoms with van der Waals surface area (Å²) in [6.45, 7) is 0.639. The Morgan fingerprint density at radius 3 is 2.53 bits per heavy atom. The topological polar surface area (TPSA) is 63.4 Å². The van der Waals surface area contributed by atoms with Gasteiger partial charge in [0.25, 0.3) is 0 Å². The van der Waals surface area contributed by atoms with E-state index < -0.39 is 9.84 Å². The molecule has 0 radical (unpaired) electrons. The molecule has 0 aromatic carbocycles. The lowest BCUT2D eigenvalue weighted by molar-refractivity contribution is 0.0787. The highest BCUT2D eigenvalue weighted by Gasteiger charge is 2.41. The van der Waals surface area contributed by atoms with Crippen molar-refractivity contribution in [3.63, 3.8) is 0 Å². The molecule has 100 valence electrons. The molecule has 2 N–H and O–H groups in total. The van der Waals surface area contributed by atoms with Gasteiger partial charge in [-0.15, -0.1) is 0 Å². The molecular formula is C11H22N2O2S2. The van der Waals surface area contributed by atoms with Crippen molar-refractivity contribution in [2.75, 3.05) is 36.6 Å². The van der Waals surface area contributed by atoms with E-state index in [1.807, 2.05) is 11.8 Å². The molecule has 1 unspecified atom stereocenters. The van der Waals surface area contributed by atoms with Gasteiger partial charge < -0.3 is 5.73 Å². The van der Waals surface area contributed by atoms with Crippen LogP contribution in [0.15, 0.2) is 0 Å². The van der Waals surface area contributed by atoms with Gasteiger partial charge in [-0.25, -0.2) is 8.42 Å². The van der Waals surface area contributed by atoms with Crippen LogP contribution in [0, 0.1) is 0 Å². The van der Waals surface area contributed by atoms with Gasteiger partial charge in [0.15, 0.2) is 9.84 Å². The third-order valence-electron chi connectivity index (χ3n) is 4.31. The molecule has 0 amide bonds. The Labute approximate surface area is 108 Å². The third-order valence-corrected chi connectivity index (χ3v) is 7.04. The van der Waals surface area contributed by atoms with E-state index >= 15 is 0 Å². The zero-order valence-corrected chi connectivity index (χ0v) is 12.0. The molecule has 0 spiro atoms. The Kier molecular flexibility index (Phi) is 4.07. The maximum absolute atomic E-state index is 11.6. The fourth-order valence-electron chi connectivity index (χ4n) is 2.92. The predicted molar refractivity (Wildman–Crippen MR) is 73.2 cm³/mol. The second kappa shape index (κ2) is 5.07. The van der Waals surface area contributed by atoms with Gasteiger partial charge in [0.2, 0.25) is 0 Å². The molecule has 2 fully saturated rings. The Balaban J connectivity index is 2.09. The molecule has 2 aliphatic rings. The molecular weight excluding hydrogens is 256 g/mol. The van der Waals surface area contributed by atoms with Gasteiger partial charge in [0.1, 0.15) is 0 Å². The molecule has 0 aromatic heterocycles. The standard InChI is InChI=1S/C11H22N2O2S2/c1-13(10-2-7-17(14,15)8-10)11(9-12)3-5-16-6-4-11/h10H,2-9,12H2,1H3. The van der Waals surface area contributed by atoms with Crippen molar-refractivity contribution in [2.45, 2.75) is 30.8 Å². The van der Waals surface area contributed by atoms with Crippen molar-refractivity contribution in [1.82, 2.24) is 4.90 Å². The number of nitrogens with two attached hydrogens (primary N) is 1. The molecule has 1 atom stereocenters. The molecule has 6 heteroatoms. The van der Waals surface area contributed by atoms with E-state index in [9.17, 15) is 8.42 Å². The number of hydrogen-bond donors (Lipinski definition) is 1. The summed E-state index contributed by atoms with van der Waals surface area (Å²) in [5.74, 6) is 2.94. The summed E-state index contributed by atoms with van der Waals surface area (Å²) in [7, 11) is -0.738. The minimum Gasteiger partial charge on any atom is -0.329 e. The summed E-state index contributed by atoms with van der Waals surface area (Å²) in [5.41, 5.74) is 6.01. The van der Waals surface area contributed by atoms with Crippen molar-refractivity contribution in [2.24, 2.45) is 5.73 Å². The summed E-state index contributed by atoms with van der Waals surface area (Å²) in [5, 5.41) is 0. The van der Waals surface area contributed by atoms with Crippen LogP contribution in [0.4, 0.5) is 0 Å². The molecule has 0 aliphatic carbocycles. The summed E-state index contributed by atoms with van der Waals surface area (Å²) >= 11 is 1.97. The largest absolute Gasteiger partial charge is 0.329 e. The molecule has 2 saturated heterocycles. The van der Waals surface area contributed by atoms with Gasteiger partial charge in [-0.2, -0.15) is 11.8 Å². The molecule has 2 rings (SSSR count). The number of rotatable bonds is 3. The minimum atomic E-state index is -2.80. The summed E-state index contributed by atoms with van der Waals surface area (Å²) in [6.07, 6.45) is 2.94.